The van der Waals surface area contributed by atoms with Crippen molar-refractivity contribution in [2.24, 2.45) is 4.99 Å². The predicted molar refractivity (Wildman–Crippen MR) is 95.4 cm³/mol. The second kappa shape index (κ2) is 8.56. The molecule has 0 fully saturated rings. The summed E-state index contributed by atoms with van der Waals surface area (Å²) >= 11 is 1.71. The van der Waals surface area contributed by atoms with Gasteiger partial charge in [0.05, 0.1) is 6.04 Å². The normalized spacial score (nSPS) is 13.2. The predicted octanol–water partition coefficient (Wildman–Crippen LogP) is 2.72. The highest BCUT2D eigenvalue weighted by molar-refractivity contribution is 7.07. The summed E-state index contributed by atoms with van der Waals surface area (Å²) < 4.78 is 0. The second-order valence-corrected chi connectivity index (χ2v) is 6.11. The minimum Gasteiger partial charge on any atom is -0.354 e. The Hall–Kier alpha value is -1.85. The third kappa shape index (κ3) is 4.86. The van der Waals surface area contributed by atoms with Crippen molar-refractivity contribution in [1.82, 2.24) is 15.5 Å². The standard InChI is InChI=1S/C17H24N4S/c1-18-17(19-11-14-9-10-22-13-14)20-12-16(21(2)3)15-7-5-4-6-8-15/h4-10,13,16H,11-12H2,1-3H3,(H2,18,19,20). The van der Waals surface area contributed by atoms with Crippen molar-refractivity contribution >= 4 is 17.3 Å². The van der Waals surface area contributed by atoms with Crippen molar-refractivity contribution in [3.63, 3.8) is 0 Å². The molecule has 0 saturated carbocycles. The molecule has 4 nitrogen and oxygen atoms in total. The Bertz CT molecular complexity index is 564. The summed E-state index contributed by atoms with van der Waals surface area (Å²) in [5, 5.41) is 11.0. The van der Waals surface area contributed by atoms with Gasteiger partial charge in [-0.15, -0.1) is 0 Å². The van der Waals surface area contributed by atoms with Gasteiger partial charge < -0.3 is 15.5 Å². The van der Waals surface area contributed by atoms with Crippen LogP contribution in [0, 0.1) is 0 Å². The lowest BCUT2D eigenvalue weighted by atomic mass is 10.1. The summed E-state index contributed by atoms with van der Waals surface area (Å²) in [7, 11) is 6.00. The van der Waals surface area contributed by atoms with Gasteiger partial charge in [0.1, 0.15) is 0 Å². The minimum absolute atomic E-state index is 0.306. The molecule has 0 aliphatic rings. The van der Waals surface area contributed by atoms with Gasteiger partial charge in [-0.1, -0.05) is 30.3 Å². The van der Waals surface area contributed by atoms with Gasteiger partial charge in [0.15, 0.2) is 5.96 Å². The van der Waals surface area contributed by atoms with Crippen molar-refractivity contribution in [3.05, 3.63) is 58.3 Å². The van der Waals surface area contributed by atoms with E-state index in [4.69, 9.17) is 0 Å². The molecule has 2 rings (SSSR count). The van der Waals surface area contributed by atoms with Gasteiger partial charge in [0, 0.05) is 20.1 Å². The Labute approximate surface area is 136 Å². The SMILES string of the molecule is CN=C(NCc1ccsc1)NCC(c1ccccc1)N(C)C. The molecular formula is C17H24N4S. The molecule has 0 amide bonds. The molecule has 1 atom stereocenters. The summed E-state index contributed by atoms with van der Waals surface area (Å²) in [5.74, 6) is 0.828. The van der Waals surface area contributed by atoms with E-state index in [0.717, 1.165) is 19.0 Å². The number of nitrogens with zero attached hydrogens (tertiary/aromatic N) is 2. The molecule has 1 heterocycles. The highest BCUT2D eigenvalue weighted by atomic mass is 32.1. The average Bonchev–Trinajstić information content (AvgIpc) is 3.04. The van der Waals surface area contributed by atoms with Crippen LogP contribution in [0.2, 0.25) is 0 Å². The monoisotopic (exact) mass is 316 g/mol. The molecule has 0 radical (unpaired) electrons. The minimum atomic E-state index is 0.306. The van der Waals surface area contributed by atoms with Crippen LogP contribution < -0.4 is 10.6 Å². The Balaban J connectivity index is 1.90. The van der Waals surface area contributed by atoms with E-state index in [9.17, 15) is 0 Å². The average molecular weight is 316 g/mol. The quantitative estimate of drug-likeness (QED) is 0.636. The first-order chi connectivity index (χ1) is 10.7. The first kappa shape index (κ1) is 16.5. The Morgan fingerprint density at radius 3 is 2.55 bits per heavy atom. The molecule has 0 bridgehead atoms. The highest BCUT2D eigenvalue weighted by Crippen LogP contribution is 2.16. The van der Waals surface area contributed by atoms with Crippen molar-refractivity contribution in [3.8, 4) is 0 Å². The van der Waals surface area contributed by atoms with Crippen LogP contribution in [0.4, 0.5) is 0 Å². The highest BCUT2D eigenvalue weighted by Gasteiger charge is 2.14. The van der Waals surface area contributed by atoms with E-state index < -0.39 is 0 Å². The van der Waals surface area contributed by atoms with Gasteiger partial charge in [0.25, 0.3) is 0 Å². The largest absolute Gasteiger partial charge is 0.354 e. The van der Waals surface area contributed by atoms with E-state index in [1.54, 1.807) is 18.4 Å². The number of nitrogens with one attached hydrogen (secondary N) is 2. The molecule has 22 heavy (non-hydrogen) atoms. The van der Waals surface area contributed by atoms with Crippen molar-refractivity contribution in [2.45, 2.75) is 12.6 Å². The topological polar surface area (TPSA) is 39.7 Å². The smallest absolute Gasteiger partial charge is 0.191 e. The second-order valence-electron chi connectivity index (χ2n) is 5.33. The third-order valence-corrected chi connectivity index (χ3v) is 4.27. The molecule has 1 aromatic heterocycles. The molecule has 0 aliphatic carbocycles. The van der Waals surface area contributed by atoms with Crippen LogP contribution in [-0.4, -0.2) is 38.5 Å². The lowest BCUT2D eigenvalue weighted by molar-refractivity contribution is 0.298. The third-order valence-electron chi connectivity index (χ3n) is 3.53. The van der Waals surface area contributed by atoms with Gasteiger partial charge in [-0.3, -0.25) is 4.99 Å². The molecule has 0 aliphatic heterocycles. The van der Waals surface area contributed by atoms with Gasteiger partial charge in [-0.2, -0.15) is 11.3 Å². The number of rotatable bonds is 6. The maximum absolute atomic E-state index is 4.29. The van der Waals surface area contributed by atoms with Crippen LogP contribution in [0.15, 0.2) is 52.2 Å². The van der Waals surface area contributed by atoms with Crippen LogP contribution >= 0.6 is 11.3 Å². The number of thiophene rings is 1. The van der Waals surface area contributed by atoms with Gasteiger partial charge in [-0.25, -0.2) is 0 Å². The first-order valence-electron chi connectivity index (χ1n) is 7.37. The summed E-state index contributed by atoms with van der Waals surface area (Å²) in [6, 6.07) is 13.0. The fourth-order valence-electron chi connectivity index (χ4n) is 2.27. The maximum Gasteiger partial charge on any atom is 0.191 e. The van der Waals surface area contributed by atoms with Crippen LogP contribution in [0.25, 0.3) is 0 Å². The van der Waals surface area contributed by atoms with Crippen LogP contribution in [0.5, 0.6) is 0 Å². The van der Waals surface area contributed by atoms with E-state index in [1.165, 1.54) is 11.1 Å². The van der Waals surface area contributed by atoms with E-state index in [1.807, 2.05) is 6.07 Å². The van der Waals surface area contributed by atoms with Crippen LogP contribution in [0.1, 0.15) is 17.2 Å². The Morgan fingerprint density at radius 1 is 1.18 bits per heavy atom. The number of guanidine groups is 1. The molecule has 118 valence electrons. The molecule has 0 saturated heterocycles. The van der Waals surface area contributed by atoms with Gasteiger partial charge >= 0.3 is 0 Å². The summed E-state index contributed by atoms with van der Waals surface area (Å²) in [4.78, 5) is 6.51. The van der Waals surface area contributed by atoms with Crippen molar-refractivity contribution < 1.29 is 0 Å². The summed E-state index contributed by atoms with van der Waals surface area (Å²) in [5.41, 5.74) is 2.58. The number of aliphatic imine (C=N–C) groups is 1. The number of benzene rings is 1. The Morgan fingerprint density at radius 2 is 1.95 bits per heavy atom. The fraction of sp³-hybridized carbons (Fsp3) is 0.353. The van der Waals surface area contributed by atoms with E-state index in [-0.39, 0.29) is 0 Å². The number of hydrogen-bond donors (Lipinski definition) is 2. The lowest BCUT2D eigenvalue weighted by Crippen LogP contribution is -2.41. The van der Waals surface area contributed by atoms with E-state index in [2.05, 4.69) is 75.7 Å². The van der Waals surface area contributed by atoms with E-state index in [0.29, 0.717) is 6.04 Å². The summed E-state index contributed by atoms with van der Waals surface area (Å²) in [6.45, 7) is 1.60. The van der Waals surface area contributed by atoms with Crippen LogP contribution in [-0.2, 0) is 6.54 Å². The maximum atomic E-state index is 4.29. The first-order valence-corrected chi connectivity index (χ1v) is 8.32. The zero-order valence-corrected chi connectivity index (χ0v) is 14.2. The molecular weight excluding hydrogens is 292 g/mol. The molecule has 0 spiro atoms. The number of likely N-dealkylation sites (N-methyl/N-ethyl adjacent to an activating group) is 1. The molecule has 1 aromatic carbocycles. The van der Waals surface area contributed by atoms with Gasteiger partial charge in [0.2, 0.25) is 0 Å². The van der Waals surface area contributed by atoms with Crippen molar-refractivity contribution in [2.75, 3.05) is 27.7 Å². The lowest BCUT2D eigenvalue weighted by Gasteiger charge is -2.26. The fourth-order valence-corrected chi connectivity index (χ4v) is 2.94. The zero-order chi connectivity index (χ0) is 15.8. The van der Waals surface area contributed by atoms with E-state index >= 15 is 0 Å². The van der Waals surface area contributed by atoms with Crippen molar-refractivity contribution in [1.29, 1.82) is 0 Å². The van der Waals surface area contributed by atoms with Gasteiger partial charge in [-0.05, 0) is 42.0 Å². The summed E-state index contributed by atoms with van der Waals surface area (Å²) in [6.07, 6.45) is 0. The zero-order valence-electron chi connectivity index (χ0n) is 13.4. The molecule has 2 N–H and O–H groups in total. The molecule has 2 aromatic rings. The molecule has 1 unspecified atom stereocenters. The van der Waals surface area contributed by atoms with Crippen LogP contribution in [0.3, 0.4) is 0 Å². The Kier molecular flexibility index (Phi) is 6.43. The molecule has 5 heteroatoms. The number of hydrogen-bond acceptors (Lipinski definition) is 3.